The van der Waals surface area contributed by atoms with Crippen LogP contribution in [0.2, 0.25) is 0 Å². The van der Waals surface area contributed by atoms with Gasteiger partial charge in [-0.25, -0.2) is 3.11 Å². The monoisotopic (exact) mass is 239 g/mol. The molecule has 2 heteroatoms. The Balaban J connectivity index is 2.41. The predicted molar refractivity (Wildman–Crippen MR) is 48.6 cm³/mol. The van der Waals surface area contributed by atoms with E-state index in [-0.39, 0.29) is 0 Å². The minimum absolute atomic E-state index is 0.800. The molecule has 0 aromatic heterocycles. The highest BCUT2D eigenvalue weighted by Crippen LogP contribution is 2.25. The Morgan fingerprint density at radius 2 is 1.67 bits per heavy atom. The van der Waals surface area contributed by atoms with Crippen molar-refractivity contribution in [3.63, 3.8) is 0 Å². The second kappa shape index (κ2) is 3.19. The minimum atomic E-state index is 0.800. The van der Waals surface area contributed by atoms with Gasteiger partial charge < -0.3 is 0 Å². The van der Waals surface area contributed by atoms with Crippen LogP contribution < -0.4 is 0 Å². The van der Waals surface area contributed by atoms with Crippen LogP contribution >= 0.6 is 22.9 Å². The molecule has 0 aromatic rings. The average molecular weight is 239 g/mol. The summed E-state index contributed by atoms with van der Waals surface area (Å²) >= 11 is 2.44. The Kier molecular flexibility index (Phi) is 2.76. The van der Waals surface area contributed by atoms with Crippen LogP contribution in [0.25, 0.3) is 0 Å². The lowest BCUT2D eigenvalue weighted by atomic mass is 10.0. The van der Waals surface area contributed by atoms with Crippen molar-refractivity contribution in [1.82, 2.24) is 3.11 Å². The van der Waals surface area contributed by atoms with Crippen LogP contribution in [0.3, 0.4) is 0 Å². The van der Waals surface area contributed by atoms with E-state index in [2.05, 4.69) is 39.8 Å². The molecule has 0 saturated carbocycles. The summed E-state index contributed by atoms with van der Waals surface area (Å²) in [5, 5.41) is 0. The van der Waals surface area contributed by atoms with Crippen molar-refractivity contribution < 1.29 is 0 Å². The molecule has 1 aliphatic heterocycles. The molecule has 1 heterocycles. The first-order chi connectivity index (χ1) is 4.22. The van der Waals surface area contributed by atoms with Crippen LogP contribution in [0.4, 0.5) is 0 Å². The Labute approximate surface area is 71.3 Å². The van der Waals surface area contributed by atoms with E-state index in [0.717, 1.165) is 12.1 Å². The molecule has 0 radical (unpaired) electrons. The molecular weight excluding hydrogens is 225 g/mol. The number of hydrogen-bond acceptors (Lipinski definition) is 1. The van der Waals surface area contributed by atoms with E-state index in [9.17, 15) is 0 Å². The van der Waals surface area contributed by atoms with E-state index in [0.29, 0.717) is 0 Å². The zero-order valence-corrected chi connectivity index (χ0v) is 8.26. The van der Waals surface area contributed by atoms with Gasteiger partial charge in [0.2, 0.25) is 0 Å². The summed E-state index contributed by atoms with van der Waals surface area (Å²) < 4.78 is 2.45. The first kappa shape index (κ1) is 7.79. The van der Waals surface area contributed by atoms with Crippen molar-refractivity contribution >= 4 is 22.9 Å². The SMILES string of the molecule is CC1CCCC(C)N1I. The van der Waals surface area contributed by atoms with Crippen LogP contribution in [0, 0.1) is 0 Å². The van der Waals surface area contributed by atoms with Gasteiger partial charge in [0, 0.05) is 34.9 Å². The summed E-state index contributed by atoms with van der Waals surface area (Å²) in [7, 11) is 0. The summed E-state index contributed by atoms with van der Waals surface area (Å²) in [5.74, 6) is 0. The maximum Gasteiger partial charge on any atom is 0.0207 e. The van der Waals surface area contributed by atoms with Crippen LogP contribution in [-0.2, 0) is 0 Å². The topological polar surface area (TPSA) is 3.24 Å². The van der Waals surface area contributed by atoms with Crippen molar-refractivity contribution in [1.29, 1.82) is 0 Å². The van der Waals surface area contributed by atoms with Gasteiger partial charge in [-0.15, -0.1) is 0 Å². The molecule has 54 valence electrons. The quantitative estimate of drug-likeness (QED) is 0.464. The molecule has 0 aromatic carbocycles. The minimum Gasteiger partial charge on any atom is -0.242 e. The van der Waals surface area contributed by atoms with Gasteiger partial charge in [0.15, 0.2) is 0 Å². The van der Waals surface area contributed by atoms with Crippen molar-refractivity contribution in [2.45, 2.75) is 45.2 Å². The number of halogens is 1. The Morgan fingerprint density at radius 1 is 1.22 bits per heavy atom. The molecule has 1 rings (SSSR count). The molecular formula is C7H14IN. The lowest BCUT2D eigenvalue weighted by Gasteiger charge is -2.33. The molecule has 0 N–H and O–H groups in total. The van der Waals surface area contributed by atoms with E-state index < -0.39 is 0 Å². The molecule has 2 atom stereocenters. The maximum atomic E-state index is 2.45. The fraction of sp³-hybridized carbons (Fsp3) is 1.00. The summed E-state index contributed by atoms with van der Waals surface area (Å²) in [6.07, 6.45) is 4.18. The van der Waals surface area contributed by atoms with E-state index in [4.69, 9.17) is 0 Å². The smallest absolute Gasteiger partial charge is 0.0207 e. The summed E-state index contributed by atoms with van der Waals surface area (Å²) in [5.41, 5.74) is 0. The molecule has 9 heavy (non-hydrogen) atoms. The zero-order chi connectivity index (χ0) is 6.85. The van der Waals surface area contributed by atoms with Crippen LogP contribution in [-0.4, -0.2) is 15.2 Å². The van der Waals surface area contributed by atoms with Crippen molar-refractivity contribution in [2.24, 2.45) is 0 Å². The zero-order valence-electron chi connectivity index (χ0n) is 6.10. The Bertz CT molecular complexity index is 84.9. The largest absolute Gasteiger partial charge is 0.242 e. The average Bonchev–Trinajstić information content (AvgIpc) is 1.83. The molecule has 1 fully saturated rings. The molecule has 2 unspecified atom stereocenters. The third-order valence-electron chi connectivity index (χ3n) is 2.09. The number of piperidine rings is 1. The van der Waals surface area contributed by atoms with Gasteiger partial charge in [-0.3, -0.25) is 0 Å². The lowest BCUT2D eigenvalue weighted by molar-refractivity contribution is 0.246. The first-order valence-electron chi connectivity index (χ1n) is 3.66. The van der Waals surface area contributed by atoms with E-state index >= 15 is 0 Å². The first-order valence-corrected chi connectivity index (χ1v) is 4.62. The van der Waals surface area contributed by atoms with Gasteiger partial charge in [0.1, 0.15) is 0 Å². The molecule has 0 amide bonds. The molecule has 0 aliphatic carbocycles. The third-order valence-corrected chi connectivity index (χ3v) is 3.99. The molecule has 0 bridgehead atoms. The molecule has 1 saturated heterocycles. The Morgan fingerprint density at radius 3 is 2.00 bits per heavy atom. The number of nitrogens with zero attached hydrogens (tertiary/aromatic N) is 1. The second-order valence-electron chi connectivity index (χ2n) is 2.97. The Hall–Kier alpha value is 0.690. The van der Waals surface area contributed by atoms with Gasteiger partial charge in [-0.1, -0.05) is 6.42 Å². The van der Waals surface area contributed by atoms with Crippen molar-refractivity contribution in [3.05, 3.63) is 0 Å². The second-order valence-corrected chi connectivity index (χ2v) is 4.09. The molecule has 1 nitrogen and oxygen atoms in total. The fourth-order valence-corrected chi connectivity index (χ4v) is 1.95. The predicted octanol–water partition coefficient (Wildman–Crippen LogP) is 2.60. The summed E-state index contributed by atoms with van der Waals surface area (Å²) in [6.45, 7) is 4.62. The lowest BCUT2D eigenvalue weighted by Crippen LogP contribution is -2.35. The normalized spacial score (nSPS) is 39.0. The van der Waals surface area contributed by atoms with Gasteiger partial charge in [0.05, 0.1) is 0 Å². The highest BCUT2D eigenvalue weighted by Gasteiger charge is 2.21. The fourth-order valence-electron chi connectivity index (χ4n) is 1.39. The van der Waals surface area contributed by atoms with E-state index in [1.54, 1.807) is 0 Å². The van der Waals surface area contributed by atoms with Crippen LogP contribution in [0.1, 0.15) is 33.1 Å². The van der Waals surface area contributed by atoms with Gasteiger partial charge in [-0.05, 0) is 26.7 Å². The van der Waals surface area contributed by atoms with Crippen LogP contribution in [0.15, 0.2) is 0 Å². The molecule has 0 spiro atoms. The highest BCUT2D eigenvalue weighted by molar-refractivity contribution is 14.1. The van der Waals surface area contributed by atoms with Gasteiger partial charge >= 0.3 is 0 Å². The van der Waals surface area contributed by atoms with Crippen molar-refractivity contribution in [3.8, 4) is 0 Å². The standard InChI is InChI=1S/C7H14IN/c1-6-4-3-5-7(2)9(6)8/h6-7H,3-5H2,1-2H3. The van der Waals surface area contributed by atoms with E-state index in [1.807, 2.05) is 0 Å². The van der Waals surface area contributed by atoms with Gasteiger partial charge in [0.25, 0.3) is 0 Å². The number of hydrogen-bond donors (Lipinski definition) is 0. The maximum absolute atomic E-state index is 2.45. The molecule has 1 aliphatic rings. The summed E-state index contributed by atoms with van der Waals surface area (Å²) in [4.78, 5) is 0. The van der Waals surface area contributed by atoms with Gasteiger partial charge in [-0.2, -0.15) is 0 Å². The highest BCUT2D eigenvalue weighted by atomic mass is 127. The van der Waals surface area contributed by atoms with Crippen LogP contribution in [0.5, 0.6) is 0 Å². The third kappa shape index (κ3) is 1.80. The number of rotatable bonds is 0. The van der Waals surface area contributed by atoms with E-state index in [1.165, 1.54) is 19.3 Å². The van der Waals surface area contributed by atoms with Crippen molar-refractivity contribution in [2.75, 3.05) is 0 Å². The summed E-state index contributed by atoms with van der Waals surface area (Å²) in [6, 6.07) is 1.60.